The van der Waals surface area contributed by atoms with E-state index in [0.717, 1.165) is 0 Å². The van der Waals surface area contributed by atoms with Crippen LogP contribution in [-0.2, 0) is 4.74 Å². The van der Waals surface area contributed by atoms with Gasteiger partial charge in [-0.15, -0.1) is 0 Å². The molecular formula is C28H27ClF3N5O3. The van der Waals surface area contributed by atoms with Crippen molar-refractivity contribution in [1.29, 1.82) is 0 Å². The molecule has 2 aromatic heterocycles. The van der Waals surface area contributed by atoms with E-state index in [1.165, 1.54) is 24.3 Å². The fourth-order valence-corrected chi connectivity index (χ4v) is 5.06. The summed E-state index contributed by atoms with van der Waals surface area (Å²) in [5, 5.41) is 1.06. The molecule has 1 amide bonds. The lowest BCUT2D eigenvalue weighted by molar-refractivity contribution is 0.0113. The first-order valence-corrected chi connectivity index (χ1v) is 13.0. The Morgan fingerprint density at radius 1 is 1.15 bits per heavy atom. The van der Waals surface area contributed by atoms with Gasteiger partial charge in [0, 0.05) is 36.8 Å². The van der Waals surface area contributed by atoms with Crippen LogP contribution in [-0.4, -0.2) is 71.0 Å². The van der Waals surface area contributed by atoms with Crippen LogP contribution in [0.4, 0.5) is 23.8 Å². The zero-order valence-electron chi connectivity index (χ0n) is 22.3. The monoisotopic (exact) mass is 573 g/mol. The summed E-state index contributed by atoms with van der Waals surface area (Å²) in [5.41, 5.74) is -0.591. The predicted octanol–water partition coefficient (Wildman–Crippen LogP) is 6.18. The van der Waals surface area contributed by atoms with Crippen molar-refractivity contribution in [2.45, 2.75) is 32.4 Å². The van der Waals surface area contributed by atoms with Gasteiger partial charge in [0.05, 0.1) is 23.6 Å². The number of fused-ring (bicyclic) bond motifs is 2. The molecule has 1 saturated heterocycles. The Balaban J connectivity index is 1.58. The molecule has 8 nitrogen and oxygen atoms in total. The lowest BCUT2D eigenvalue weighted by Crippen LogP contribution is -2.57. The number of alkyl halides is 1. The lowest BCUT2D eigenvalue weighted by atomic mass is 10.0. The second-order valence-corrected chi connectivity index (χ2v) is 10.8. The Hall–Kier alpha value is -3.86. The fraction of sp³-hybridized carbons (Fsp3) is 0.357. The number of halogens is 4. The van der Waals surface area contributed by atoms with Gasteiger partial charge in [0.1, 0.15) is 35.1 Å². The van der Waals surface area contributed by atoms with E-state index in [1.807, 2.05) is 0 Å². The topological polar surface area (TPSA) is 80.7 Å². The molecule has 5 rings (SSSR count). The Kier molecular flexibility index (Phi) is 7.34. The molecule has 40 heavy (non-hydrogen) atoms. The molecule has 12 heteroatoms. The molecule has 2 aromatic carbocycles. The molecular weight excluding hydrogens is 547 g/mol. The van der Waals surface area contributed by atoms with Crippen molar-refractivity contribution < 1.29 is 27.4 Å². The number of piperazine rings is 1. The molecule has 0 saturated carbocycles. The van der Waals surface area contributed by atoms with Crippen LogP contribution in [0.3, 0.4) is 0 Å². The highest BCUT2D eigenvalue weighted by atomic mass is 35.5. The first-order valence-electron chi connectivity index (χ1n) is 12.6. The van der Waals surface area contributed by atoms with E-state index in [2.05, 4.69) is 15.0 Å². The second-order valence-electron chi connectivity index (χ2n) is 10.4. The number of rotatable bonds is 4. The Morgan fingerprint density at radius 2 is 1.93 bits per heavy atom. The summed E-state index contributed by atoms with van der Waals surface area (Å²) in [7, 11) is 1.35. The van der Waals surface area contributed by atoms with Crippen molar-refractivity contribution in [3.8, 4) is 17.3 Å². The van der Waals surface area contributed by atoms with Crippen LogP contribution in [0, 0.1) is 11.6 Å². The highest BCUT2D eigenvalue weighted by Crippen LogP contribution is 2.38. The third-order valence-corrected chi connectivity index (χ3v) is 6.97. The summed E-state index contributed by atoms with van der Waals surface area (Å²) in [4.78, 5) is 28.8. The summed E-state index contributed by atoms with van der Waals surface area (Å²) in [6.07, 6.45) is 0.807. The minimum atomic E-state index is -0.815. The molecule has 1 unspecified atom stereocenters. The number of hydrogen-bond acceptors (Lipinski definition) is 7. The SMILES string of the molecule is COc1nc(N2CCN(C(=O)OC(C)(C)C)C(CF)C2)c2cnc(-c3cccc4ccc(F)c(Cl)c34)c(F)c2n1. The van der Waals surface area contributed by atoms with Crippen LogP contribution >= 0.6 is 11.6 Å². The molecule has 4 aromatic rings. The van der Waals surface area contributed by atoms with E-state index in [0.29, 0.717) is 16.3 Å². The number of ether oxygens (including phenoxy) is 2. The van der Waals surface area contributed by atoms with Gasteiger partial charge in [-0.25, -0.2) is 18.0 Å². The zero-order valence-corrected chi connectivity index (χ0v) is 23.1. The van der Waals surface area contributed by atoms with Gasteiger partial charge in [-0.3, -0.25) is 9.88 Å². The van der Waals surface area contributed by atoms with Gasteiger partial charge in [0.2, 0.25) is 0 Å². The average molecular weight is 574 g/mol. The fourth-order valence-electron chi connectivity index (χ4n) is 4.79. The van der Waals surface area contributed by atoms with Crippen LogP contribution in [0.2, 0.25) is 5.02 Å². The molecule has 0 bridgehead atoms. The third-order valence-electron chi connectivity index (χ3n) is 6.60. The maximum Gasteiger partial charge on any atom is 0.410 e. The maximum absolute atomic E-state index is 16.2. The number of nitrogens with zero attached hydrogens (tertiary/aromatic N) is 5. The number of anilines is 1. The van der Waals surface area contributed by atoms with Gasteiger partial charge >= 0.3 is 12.1 Å². The van der Waals surface area contributed by atoms with Gasteiger partial charge in [0.15, 0.2) is 5.82 Å². The van der Waals surface area contributed by atoms with Crippen molar-refractivity contribution >= 4 is 45.2 Å². The van der Waals surface area contributed by atoms with Gasteiger partial charge < -0.3 is 14.4 Å². The molecule has 0 radical (unpaired) electrons. The van der Waals surface area contributed by atoms with Crippen molar-refractivity contribution in [2.75, 3.05) is 38.3 Å². The first kappa shape index (κ1) is 27.7. The molecule has 0 N–H and O–H groups in total. The van der Waals surface area contributed by atoms with E-state index in [9.17, 15) is 13.6 Å². The van der Waals surface area contributed by atoms with E-state index in [-0.39, 0.29) is 53.1 Å². The van der Waals surface area contributed by atoms with E-state index in [4.69, 9.17) is 21.1 Å². The molecule has 1 fully saturated rings. The van der Waals surface area contributed by atoms with Crippen molar-refractivity contribution in [3.05, 3.63) is 53.2 Å². The predicted molar refractivity (Wildman–Crippen MR) is 147 cm³/mol. The van der Waals surface area contributed by atoms with Gasteiger partial charge in [-0.2, -0.15) is 9.97 Å². The molecule has 1 aliphatic rings. The molecule has 3 heterocycles. The number of pyridine rings is 1. The number of methoxy groups -OCH3 is 1. The van der Waals surface area contributed by atoms with Gasteiger partial charge in [-0.1, -0.05) is 35.9 Å². The maximum atomic E-state index is 16.2. The highest BCUT2D eigenvalue weighted by molar-refractivity contribution is 6.36. The van der Waals surface area contributed by atoms with Crippen LogP contribution in [0.5, 0.6) is 6.01 Å². The van der Waals surface area contributed by atoms with Crippen LogP contribution in [0.1, 0.15) is 20.8 Å². The molecule has 0 spiro atoms. The normalized spacial score (nSPS) is 16.1. The number of aromatic nitrogens is 3. The largest absolute Gasteiger partial charge is 0.467 e. The van der Waals surface area contributed by atoms with E-state index in [1.54, 1.807) is 49.9 Å². The number of hydrogen-bond donors (Lipinski definition) is 0. The highest BCUT2D eigenvalue weighted by Gasteiger charge is 2.35. The lowest BCUT2D eigenvalue weighted by Gasteiger charge is -2.41. The standard InChI is InChI=1S/C28H27ClF3N5O3/c1-28(2,3)40-27(38)37-11-10-36(14-16(37)12-30)25-18-13-33-23(22(32)24(18)34-26(35-25)39-4)17-7-5-6-15-8-9-19(31)21(29)20(15)17/h5-9,13,16H,10-12,14H2,1-4H3. The summed E-state index contributed by atoms with van der Waals surface area (Å²) in [5.74, 6) is -1.13. The van der Waals surface area contributed by atoms with E-state index >= 15 is 4.39 Å². The van der Waals surface area contributed by atoms with Crippen molar-refractivity contribution in [3.63, 3.8) is 0 Å². The van der Waals surface area contributed by atoms with Gasteiger partial charge in [0.25, 0.3) is 0 Å². The number of carbonyl (C=O) groups is 1. The average Bonchev–Trinajstić information content (AvgIpc) is 2.93. The molecule has 1 atom stereocenters. The van der Waals surface area contributed by atoms with Gasteiger partial charge in [-0.05, 0) is 32.2 Å². The van der Waals surface area contributed by atoms with Crippen LogP contribution in [0.25, 0.3) is 32.9 Å². The molecule has 1 aliphatic heterocycles. The molecule has 0 aliphatic carbocycles. The van der Waals surface area contributed by atoms with Crippen molar-refractivity contribution in [1.82, 2.24) is 19.9 Å². The Labute approximate surface area is 233 Å². The van der Waals surface area contributed by atoms with Crippen LogP contribution < -0.4 is 9.64 Å². The first-order chi connectivity index (χ1) is 19.0. The minimum Gasteiger partial charge on any atom is -0.467 e. The molecule has 210 valence electrons. The third kappa shape index (κ3) is 5.05. The number of amides is 1. The quantitative estimate of drug-likeness (QED) is 0.288. The smallest absolute Gasteiger partial charge is 0.410 e. The second kappa shape index (κ2) is 10.6. The summed E-state index contributed by atoms with van der Waals surface area (Å²) < 4.78 is 55.3. The minimum absolute atomic E-state index is 0.0753. The Morgan fingerprint density at radius 3 is 2.62 bits per heavy atom. The zero-order chi connectivity index (χ0) is 28.8. The van der Waals surface area contributed by atoms with E-state index < -0.39 is 36.0 Å². The van der Waals surface area contributed by atoms with Crippen LogP contribution in [0.15, 0.2) is 36.5 Å². The van der Waals surface area contributed by atoms with Crippen molar-refractivity contribution in [2.24, 2.45) is 0 Å². The summed E-state index contributed by atoms with van der Waals surface area (Å²) in [6.45, 7) is 4.91. The number of benzene rings is 2. The number of carbonyl (C=O) groups excluding carboxylic acids is 1. The summed E-state index contributed by atoms with van der Waals surface area (Å²) in [6, 6.07) is 6.92. The summed E-state index contributed by atoms with van der Waals surface area (Å²) >= 11 is 6.28. The Bertz CT molecular complexity index is 1610.